The highest BCUT2D eigenvalue weighted by Crippen LogP contribution is 2.33. The Labute approximate surface area is 181 Å². The molecule has 0 aliphatic rings. The zero-order chi connectivity index (χ0) is 23.8. The van der Waals surface area contributed by atoms with Gasteiger partial charge in [-0.1, -0.05) is 11.6 Å². The van der Waals surface area contributed by atoms with Crippen molar-refractivity contribution in [2.75, 3.05) is 16.3 Å². The fourth-order valence-electron chi connectivity index (χ4n) is 2.19. The summed E-state index contributed by atoms with van der Waals surface area (Å²) in [6.45, 7) is 0.261. The number of sulfonamides is 1. The molecule has 31 heavy (non-hydrogen) atoms. The number of carbonyl (C=O) groups is 1. The first-order chi connectivity index (χ1) is 13.9. The largest absolute Gasteiger partial charge is 0.426 e. The summed E-state index contributed by atoms with van der Waals surface area (Å²) in [5.74, 6) is -1.80. The van der Waals surface area contributed by atoms with Crippen LogP contribution in [0, 0.1) is 0 Å². The van der Waals surface area contributed by atoms with Crippen LogP contribution >= 0.6 is 11.6 Å². The molecule has 1 amide bonds. The van der Waals surface area contributed by atoms with Gasteiger partial charge in [-0.2, -0.15) is 13.2 Å². The summed E-state index contributed by atoms with van der Waals surface area (Å²) >= 11 is 5.91. The van der Waals surface area contributed by atoms with Crippen molar-refractivity contribution < 1.29 is 39.9 Å². The van der Waals surface area contributed by atoms with Crippen LogP contribution in [0.3, 0.4) is 0 Å². The van der Waals surface area contributed by atoms with E-state index in [0.29, 0.717) is 0 Å². The Morgan fingerprint density at radius 1 is 1.00 bits per heavy atom. The molecule has 0 bridgehead atoms. The predicted molar refractivity (Wildman–Crippen MR) is 107 cm³/mol. The van der Waals surface area contributed by atoms with Gasteiger partial charge in [0.05, 0.1) is 26.8 Å². The highest BCUT2D eigenvalue weighted by Gasteiger charge is 2.55. The van der Waals surface area contributed by atoms with Gasteiger partial charge in [0.25, 0.3) is 5.91 Å². The van der Waals surface area contributed by atoms with Crippen molar-refractivity contribution in [1.82, 2.24) is 0 Å². The first-order valence-corrected chi connectivity index (χ1v) is 11.9. The summed E-state index contributed by atoms with van der Waals surface area (Å²) < 4.78 is 88.3. The van der Waals surface area contributed by atoms with Crippen molar-refractivity contribution >= 4 is 48.7 Å². The summed E-state index contributed by atoms with van der Waals surface area (Å²) in [4.78, 5) is 11.2. The molecular weight excluding hydrogens is 485 g/mol. The second kappa shape index (κ2) is 8.30. The number of hydrogen-bond donors (Lipinski definition) is 3. The number of alkyl halides is 3. The van der Waals surface area contributed by atoms with Crippen LogP contribution < -0.4 is 10.0 Å². The zero-order valence-electron chi connectivity index (χ0n) is 15.9. The predicted octanol–water partition coefficient (Wildman–Crippen LogP) is 2.80. The maximum atomic E-state index is 12.8. The quantitative estimate of drug-likeness (QED) is 0.559. The molecule has 1 unspecified atom stereocenters. The third-order valence-corrected chi connectivity index (χ3v) is 6.65. The lowest BCUT2D eigenvalue weighted by Crippen LogP contribution is -2.52. The third kappa shape index (κ3) is 5.67. The SMILES string of the molecule is CC(O)(C(=O)Nc1ccc(S(=O)(=O)c2ccc(NS(C)(=O)=O)cc2)cc1Cl)C(F)(F)F. The molecule has 0 saturated heterocycles. The number of halogens is 4. The van der Waals surface area contributed by atoms with E-state index in [1.165, 1.54) is 12.1 Å². The molecule has 2 aromatic rings. The van der Waals surface area contributed by atoms with E-state index in [9.17, 15) is 39.9 Å². The van der Waals surface area contributed by atoms with Gasteiger partial charge in [-0.25, -0.2) is 16.8 Å². The Balaban J connectivity index is 2.30. The molecule has 3 N–H and O–H groups in total. The summed E-state index contributed by atoms with van der Waals surface area (Å²) in [5, 5.41) is 10.8. The fourth-order valence-corrected chi connectivity index (χ4v) is 4.33. The van der Waals surface area contributed by atoms with Crippen LogP contribution in [0.4, 0.5) is 24.5 Å². The number of sulfone groups is 1. The molecule has 1 atom stereocenters. The number of carbonyl (C=O) groups excluding carboxylic acids is 1. The molecule has 0 aliphatic heterocycles. The minimum Gasteiger partial charge on any atom is -0.373 e. The van der Waals surface area contributed by atoms with E-state index in [-0.39, 0.29) is 33.1 Å². The Hall–Kier alpha value is -2.35. The van der Waals surface area contributed by atoms with Gasteiger partial charge in [-0.05, 0) is 49.4 Å². The van der Waals surface area contributed by atoms with E-state index in [0.717, 1.165) is 36.6 Å². The lowest BCUT2D eigenvalue weighted by atomic mass is 10.1. The van der Waals surface area contributed by atoms with E-state index in [2.05, 4.69) is 4.72 Å². The summed E-state index contributed by atoms with van der Waals surface area (Å²) in [6.07, 6.45) is -4.32. The number of amides is 1. The van der Waals surface area contributed by atoms with Crippen molar-refractivity contribution in [2.45, 2.75) is 28.5 Å². The van der Waals surface area contributed by atoms with Crippen LogP contribution in [0.25, 0.3) is 0 Å². The smallest absolute Gasteiger partial charge is 0.373 e. The molecule has 0 aliphatic carbocycles. The van der Waals surface area contributed by atoms with Crippen LogP contribution in [-0.4, -0.2) is 45.9 Å². The second-order valence-electron chi connectivity index (χ2n) is 6.57. The average molecular weight is 501 g/mol. The van der Waals surface area contributed by atoms with Gasteiger partial charge in [0, 0.05) is 5.69 Å². The molecule has 0 heterocycles. The van der Waals surface area contributed by atoms with Crippen molar-refractivity contribution in [3.8, 4) is 0 Å². The Kier molecular flexibility index (Phi) is 6.67. The maximum absolute atomic E-state index is 12.8. The van der Waals surface area contributed by atoms with Crippen molar-refractivity contribution in [3.05, 3.63) is 47.5 Å². The maximum Gasteiger partial charge on any atom is 0.426 e. The van der Waals surface area contributed by atoms with Crippen molar-refractivity contribution in [1.29, 1.82) is 0 Å². The van der Waals surface area contributed by atoms with E-state index in [1.54, 1.807) is 5.32 Å². The molecule has 8 nitrogen and oxygen atoms in total. The Morgan fingerprint density at radius 2 is 1.52 bits per heavy atom. The van der Waals surface area contributed by atoms with E-state index in [1.807, 2.05) is 0 Å². The van der Waals surface area contributed by atoms with Gasteiger partial charge < -0.3 is 10.4 Å². The molecule has 0 fully saturated rings. The van der Waals surface area contributed by atoms with E-state index < -0.39 is 37.5 Å². The highest BCUT2D eigenvalue weighted by molar-refractivity contribution is 7.92. The van der Waals surface area contributed by atoms with Gasteiger partial charge in [-0.15, -0.1) is 0 Å². The van der Waals surface area contributed by atoms with Crippen molar-refractivity contribution in [2.24, 2.45) is 0 Å². The second-order valence-corrected chi connectivity index (χ2v) is 10.7. The van der Waals surface area contributed by atoms with Gasteiger partial charge in [0.15, 0.2) is 0 Å². The minimum atomic E-state index is -5.25. The van der Waals surface area contributed by atoms with E-state index in [4.69, 9.17) is 11.6 Å². The molecule has 170 valence electrons. The molecule has 0 saturated carbocycles. The van der Waals surface area contributed by atoms with Gasteiger partial charge in [0.2, 0.25) is 25.5 Å². The topological polar surface area (TPSA) is 130 Å². The van der Waals surface area contributed by atoms with Gasteiger partial charge in [-0.3, -0.25) is 9.52 Å². The minimum absolute atomic E-state index is 0.134. The Bertz CT molecular complexity index is 1210. The zero-order valence-corrected chi connectivity index (χ0v) is 18.2. The lowest BCUT2D eigenvalue weighted by molar-refractivity contribution is -0.242. The fraction of sp³-hybridized carbons (Fsp3) is 0.235. The number of hydrogen-bond acceptors (Lipinski definition) is 6. The van der Waals surface area contributed by atoms with Crippen LogP contribution in [-0.2, 0) is 24.7 Å². The Morgan fingerprint density at radius 3 is 1.97 bits per heavy atom. The normalized spacial score (nSPS) is 14.5. The first kappa shape index (κ1) is 24.9. The van der Waals surface area contributed by atoms with Crippen molar-refractivity contribution in [3.63, 3.8) is 0 Å². The van der Waals surface area contributed by atoms with Gasteiger partial charge in [0.1, 0.15) is 0 Å². The molecular formula is C17H16ClF3N2O6S2. The number of aliphatic hydroxyl groups is 1. The molecule has 2 rings (SSSR count). The molecule has 2 aromatic carbocycles. The molecule has 0 spiro atoms. The first-order valence-electron chi connectivity index (χ1n) is 8.18. The summed E-state index contributed by atoms with van der Waals surface area (Å²) in [5.41, 5.74) is -3.90. The third-order valence-electron chi connectivity index (χ3n) is 3.96. The van der Waals surface area contributed by atoms with Gasteiger partial charge >= 0.3 is 6.18 Å². The lowest BCUT2D eigenvalue weighted by Gasteiger charge is -2.25. The monoisotopic (exact) mass is 500 g/mol. The summed E-state index contributed by atoms with van der Waals surface area (Å²) in [7, 11) is -7.68. The average Bonchev–Trinajstić information content (AvgIpc) is 2.61. The molecule has 14 heteroatoms. The van der Waals surface area contributed by atoms with Crippen LogP contribution in [0.1, 0.15) is 6.92 Å². The highest BCUT2D eigenvalue weighted by atomic mass is 35.5. The molecule has 0 aromatic heterocycles. The summed E-state index contributed by atoms with van der Waals surface area (Å²) in [6, 6.07) is 7.63. The van der Waals surface area contributed by atoms with Crippen LogP contribution in [0.5, 0.6) is 0 Å². The molecule has 0 radical (unpaired) electrons. The van der Waals surface area contributed by atoms with Crippen LogP contribution in [0.15, 0.2) is 52.3 Å². The van der Waals surface area contributed by atoms with E-state index >= 15 is 0 Å². The number of anilines is 2. The van der Waals surface area contributed by atoms with Crippen LogP contribution in [0.2, 0.25) is 5.02 Å². The standard InChI is InChI=1S/C17H16ClF3N2O6S2/c1-16(25,17(19,20)21)15(24)22-14-8-7-12(9-13(14)18)31(28,29)11-5-3-10(4-6-11)23-30(2,26)27/h3-9,23,25H,1-2H3,(H,22,24). The number of benzene rings is 2. The number of nitrogens with one attached hydrogen (secondary N) is 2. The number of rotatable bonds is 6.